The summed E-state index contributed by atoms with van der Waals surface area (Å²) in [6.07, 6.45) is 16.6. The molecule has 3 rings (SSSR count). The smallest absolute Gasteiger partial charge is 0.331 e. The molecule has 0 aromatic carbocycles. The van der Waals surface area contributed by atoms with Crippen molar-refractivity contribution in [2.75, 3.05) is 13.7 Å². The van der Waals surface area contributed by atoms with Gasteiger partial charge in [0.25, 0.3) is 0 Å². The molecule has 15 unspecified atom stereocenters. The standard InChI is InChI=1S/C14H25NO3.C12H21NO3.C12H20O4.C9H14O6.C8H14O4.C8H12O4.C7H12O4.C6H10O4.16CH4/c1-5-14(3,4)13(18)15-10-8-6-7-9(2)11(10)12(16)17;1-8(9(2)12(15)16)11(14)13-10-6-4-3-5-7-10;1-8(11(13)14)9(2)12(15)16-10-6-4-3-5-7-10;1-5(8(12)13)6(2)9(14)15-4-3-7(10)11;2*1-3-6(2)12-8(11)5-4-7(9)10;1-4(6(8)9)5(2)7(10)11-3;1-3(5(7)8)4(2)6(9)10;;;;;;;;;;;;;;;;/h9-11H,5-8H2,1-4H3,(H,15,18)(H,16,17);8-10H,3-7H2,1-2H3,(H,13,14)(H,15,16);8-10H,3-7H2,1-2H3,(H,13,14);5-6H,3-4H2,1-2H3,(H,10,11)(H,12,13);6H,3-5H2,1-2H3,(H,9,10);4-6H,3H2,1-2H3,(H,9,10);4-5H,1-3H3,(H,8,9);3-4H,1-2H3,(H,7,8)(H,9,10);16*1H4/b;;;;;5-4+;;;;;;;;;;;;;;;;;;. The molecule has 0 radical (unpaired) electrons. The molecule has 3 aliphatic rings. The van der Waals surface area contributed by atoms with Crippen LogP contribution < -0.4 is 10.6 Å². The monoisotopic (exact) mass is 1840 g/mol. The van der Waals surface area contributed by atoms with Crippen molar-refractivity contribution in [2.45, 2.75) is 396 Å². The molecule has 3 fully saturated rings. The van der Waals surface area contributed by atoms with Gasteiger partial charge in [0, 0.05) is 35.6 Å². The van der Waals surface area contributed by atoms with Crippen LogP contribution in [0.3, 0.4) is 0 Å². The summed E-state index contributed by atoms with van der Waals surface area (Å²) in [5.74, 6) is -20.0. The fourth-order valence-electron chi connectivity index (χ4n) is 9.27. The average Bonchev–Trinajstić information content (AvgIpc) is 0.824. The van der Waals surface area contributed by atoms with Gasteiger partial charge in [0.05, 0.1) is 97.8 Å². The Morgan fingerprint density at radius 3 is 1.06 bits per heavy atom. The Bertz CT molecular complexity index is 2850. The summed E-state index contributed by atoms with van der Waals surface area (Å²) in [5, 5.41) is 91.3. The van der Waals surface area contributed by atoms with E-state index in [4.69, 9.17) is 60.2 Å². The number of aliphatic carboxylic acids is 10. The summed E-state index contributed by atoms with van der Waals surface area (Å²) in [6.45, 7) is 29.8. The maximum Gasteiger partial charge on any atom is 0.331 e. The molecular formula is C92H192N2O32. The maximum atomic E-state index is 12.1. The number of hydrogen-bond acceptors (Lipinski definition) is 22. The lowest BCUT2D eigenvalue weighted by Crippen LogP contribution is -2.51. The number of hydrogen-bond donors (Lipinski definition) is 12. The van der Waals surface area contributed by atoms with Crippen LogP contribution in [0.5, 0.6) is 0 Å². The SMILES string of the molecule is C.C.C.C.C.C.C.C.C.C.C.C.C.C.C.C.CC(C(=O)O)C(C)C(=O)NC1CCCCC1.CC(C(=O)O)C(C)C(=O)O.CC(C(=O)O)C(C)C(=O)OC1CCCCC1.CC(C(=O)O)C(C)C(=O)OCCC(=O)O.CCC(C)(C)C(=O)NC1CCCC(C)C1C(=O)O.CCC(C)OC(=O)/C=C/C(=O)O.CCC(C)OC(=O)CCC(=O)O.COC(=O)C(C)C(C)C(=O)O. The minimum atomic E-state index is -1.16. The number of rotatable bonds is 33. The van der Waals surface area contributed by atoms with E-state index in [1.807, 2.05) is 41.5 Å². The van der Waals surface area contributed by atoms with Crippen molar-refractivity contribution >= 4 is 101 Å². The summed E-state index contributed by atoms with van der Waals surface area (Å²) in [4.78, 5) is 183. The van der Waals surface area contributed by atoms with Crippen LogP contribution in [0.25, 0.3) is 0 Å². The summed E-state index contributed by atoms with van der Waals surface area (Å²) in [6, 6.07) is 0.0364. The Morgan fingerprint density at radius 1 is 0.389 bits per heavy atom. The number of carbonyl (C=O) groups excluding carboxylic acids is 7. The van der Waals surface area contributed by atoms with Crippen LogP contribution >= 0.6 is 0 Å². The number of carboxylic acid groups (broad SMARTS) is 10. The predicted octanol–water partition coefficient (Wildman–Crippen LogP) is 20.1. The topological polar surface area (TPSA) is 563 Å². The first-order chi connectivity index (χ1) is 50.8. The molecule has 34 heteroatoms. The Kier molecular flexibility index (Phi) is 126. The minimum absolute atomic E-state index is 0. The van der Waals surface area contributed by atoms with Crippen LogP contribution in [0.1, 0.15) is 365 Å². The molecule has 12 N–H and O–H groups in total. The zero-order valence-electron chi connectivity index (χ0n) is 67.6. The Labute approximate surface area is 763 Å². The highest BCUT2D eigenvalue weighted by Gasteiger charge is 2.39. The molecule has 0 bridgehead atoms. The lowest BCUT2D eigenvalue weighted by Gasteiger charge is -2.36. The van der Waals surface area contributed by atoms with E-state index in [-0.39, 0.29) is 199 Å². The molecule has 0 aliphatic heterocycles. The predicted molar refractivity (Wildman–Crippen MR) is 504 cm³/mol. The summed E-state index contributed by atoms with van der Waals surface area (Å²) < 4.78 is 23.9. The largest absolute Gasteiger partial charge is 0.481 e. The Hall–Kier alpha value is -9.27. The van der Waals surface area contributed by atoms with Crippen LogP contribution in [0.4, 0.5) is 0 Å². The van der Waals surface area contributed by atoms with E-state index >= 15 is 0 Å². The van der Waals surface area contributed by atoms with Gasteiger partial charge in [-0.1, -0.05) is 262 Å². The fourth-order valence-corrected chi connectivity index (χ4v) is 9.27. The first-order valence-corrected chi connectivity index (χ1v) is 37.2. The van der Waals surface area contributed by atoms with Gasteiger partial charge in [-0.3, -0.25) is 71.9 Å². The average molecular weight is 1840 g/mol. The minimum Gasteiger partial charge on any atom is -0.481 e. The van der Waals surface area contributed by atoms with Gasteiger partial charge >= 0.3 is 89.5 Å². The third-order valence-corrected chi connectivity index (χ3v) is 19.2. The zero-order valence-corrected chi connectivity index (χ0v) is 67.6. The van der Waals surface area contributed by atoms with Gasteiger partial charge in [-0.25, -0.2) is 9.59 Å². The molecule has 2 amide bonds. The van der Waals surface area contributed by atoms with E-state index < -0.39 is 154 Å². The molecule has 762 valence electrons. The molecule has 15 atom stereocenters. The first kappa shape index (κ1) is 171. The van der Waals surface area contributed by atoms with Crippen molar-refractivity contribution in [3.05, 3.63) is 12.2 Å². The highest BCUT2D eigenvalue weighted by Crippen LogP contribution is 2.32. The first-order valence-electron chi connectivity index (χ1n) is 37.2. The van der Waals surface area contributed by atoms with E-state index in [1.54, 1.807) is 34.6 Å². The molecular weight excluding hydrogens is 1640 g/mol. The van der Waals surface area contributed by atoms with E-state index in [1.165, 1.54) is 68.4 Å². The van der Waals surface area contributed by atoms with E-state index in [0.717, 1.165) is 95.6 Å². The quantitative estimate of drug-likeness (QED) is 0.0165. The van der Waals surface area contributed by atoms with Gasteiger partial charge in [0.2, 0.25) is 11.8 Å². The molecule has 0 spiro atoms. The lowest BCUT2D eigenvalue weighted by atomic mass is 9.76. The van der Waals surface area contributed by atoms with Gasteiger partial charge in [0.15, 0.2) is 0 Å². The summed E-state index contributed by atoms with van der Waals surface area (Å²) in [5.41, 5.74) is -0.427. The second-order valence-corrected chi connectivity index (χ2v) is 28.3. The number of carbonyl (C=O) groups is 17. The van der Waals surface area contributed by atoms with Crippen molar-refractivity contribution < 1.29 is 156 Å². The van der Waals surface area contributed by atoms with Gasteiger partial charge in [0.1, 0.15) is 12.7 Å². The van der Waals surface area contributed by atoms with Crippen LogP contribution in [-0.2, 0) is 105 Å². The van der Waals surface area contributed by atoms with Gasteiger partial charge in [-0.15, -0.1) is 0 Å². The number of carboxylic acids is 10. The van der Waals surface area contributed by atoms with Crippen LogP contribution in [0.2, 0.25) is 0 Å². The summed E-state index contributed by atoms with van der Waals surface area (Å²) in [7, 11) is 1.24. The Morgan fingerprint density at radius 2 is 0.730 bits per heavy atom. The van der Waals surface area contributed by atoms with Crippen LogP contribution in [0, 0.1) is 76.4 Å². The molecule has 3 saturated carbocycles. The number of amides is 2. The van der Waals surface area contributed by atoms with Crippen molar-refractivity contribution in [1.29, 1.82) is 0 Å². The number of esters is 5. The normalized spacial score (nSPS) is 16.1. The summed E-state index contributed by atoms with van der Waals surface area (Å²) >= 11 is 0. The third kappa shape index (κ3) is 80.6. The van der Waals surface area contributed by atoms with Gasteiger partial charge in [-0.2, -0.15) is 0 Å². The van der Waals surface area contributed by atoms with E-state index in [0.29, 0.717) is 6.42 Å². The highest BCUT2D eigenvalue weighted by atomic mass is 16.6. The molecule has 0 heterocycles. The van der Waals surface area contributed by atoms with E-state index in [9.17, 15) is 86.6 Å². The third-order valence-electron chi connectivity index (χ3n) is 19.2. The van der Waals surface area contributed by atoms with Crippen LogP contribution in [-0.4, -0.2) is 197 Å². The van der Waals surface area contributed by atoms with Gasteiger partial charge in [-0.05, 0) is 90.4 Å². The van der Waals surface area contributed by atoms with Crippen molar-refractivity contribution in [3.8, 4) is 0 Å². The zero-order chi connectivity index (χ0) is 86.6. The fraction of sp³-hybridized carbons (Fsp3) is 0.793. The maximum absolute atomic E-state index is 12.1. The number of ether oxygens (including phenoxy) is 5. The van der Waals surface area contributed by atoms with E-state index in [2.05, 4.69) is 20.1 Å². The van der Waals surface area contributed by atoms with Crippen LogP contribution in [0.15, 0.2) is 12.2 Å². The van der Waals surface area contributed by atoms with Crippen molar-refractivity contribution in [1.82, 2.24) is 10.6 Å². The second-order valence-electron chi connectivity index (χ2n) is 28.3. The van der Waals surface area contributed by atoms with Gasteiger partial charge < -0.3 is 85.4 Å². The highest BCUT2D eigenvalue weighted by molar-refractivity contribution is 5.91. The molecule has 0 aromatic heterocycles. The van der Waals surface area contributed by atoms with Crippen molar-refractivity contribution in [3.63, 3.8) is 0 Å². The molecule has 0 aromatic rings. The molecule has 126 heavy (non-hydrogen) atoms. The number of nitrogens with one attached hydrogen (secondary N) is 2. The molecule has 0 saturated heterocycles. The lowest BCUT2D eigenvalue weighted by molar-refractivity contribution is -0.161. The Balaban J connectivity index is -0.0000000520. The number of methoxy groups -OCH3 is 1. The molecule has 3 aliphatic carbocycles. The van der Waals surface area contributed by atoms with Crippen molar-refractivity contribution in [2.24, 2.45) is 76.4 Å². The second kappa shape index (κ2) is 93.4. The molecule has 34 nitrogen and oxygen atoms in total.